The van der Waals surface area contributed by atoms with E-state index >= 15 is 0 Å². The van der Waals surface area contributed by atoms with Crippen molar-refractivity contribution in [2.24, 2.45) is 0 Å². The van der Waals surface area contributed by atoms with E-state index in [9.17, 15) is 9.59 Å². The third-order valence-corrected chi connectivity index (χ3v) is 6.49. The summed E-state index contributed by atoms with van der Waals surface area (Å²) < 4.78 is 6.49. The highest BCUT2D eigenvalue weighted by atomic mass is 32.1. The molecule has 1 aromatic heterocycles. The SMILES string of the molecule is CC[C@@H]1CCCCN1C(=O)COC(=O)c1ccccc1-c1nc2ccccc2s1. The minimum absolute atomic E-state index is 0.109. The van der Waals surface area contributed by atoms with Gasteiger partial charge in [0.25, 0.3) is 5.91 Å². The summed E-state index contributed by atoms with van der Waals surface area (Å²) in [7, 11) is 0. The Balaban J connectivity index is 1.50. The number of ether oxygens (including phenoxy) is 1. The van der Waals surface area contributed by atoms with Gasteiger partial charge < -0.3 is 9.64 Å². The van der Waals surface area contributed by atoms with Crippen molar-refractivity contribution < 1.29 is 14.3 Å². The van der Waals surface area contributed by atoms with Gasteiger partial charge >= 0.3 is 5.97 Å². The lowest BCUT2D eigenvalue weighted by atomic mass is 10.00. The van der Waals surface area contributed by atoms with Crippen LogP contribution in [0, 0.1) is 0 Å². The molecule has 0 bridgehead atoms. The Morgan fingerprint density at radius 3 is 2.76 bits per heavy atom. The highest BCUT2D eigenvalue weighted by molar-refractivity contribution is 7.21. The number of hydrogen-bond acceptors (Lipinski definition) is 5. The monoisotopic (exact) mass is 408 g/mol. The van der Waals surface area contributed by atoms with E-state index in [1.807, 2.05) is 41.3 Å². The van der Waals surface area contributed by atoms with Crippen LogP contribution in [0.15, 0.2) is 48.5 Å². The average molecular weight is 409 g/mol. The number of thiazole rings is 1. The molecule has 0 spiro atoms. The van der Waals surface area contributed by atoms with Crippen LogP contribution in [0.3, 0.4) is 0 Å². The normalized spacial score (nSPS) is 16.7. The minimum atomic E-state index is -0.488. The van der Waals surface area contributed by atoms with Crippen LogP contribution in [-0.2, 0) is 9.53 Å². The Morgan fingerprint density at radius 2 is 1.93 bits per heavy atom. The standard InChI is InChI=1S/C23H24N2O3S/c1-2-16-9-7-8-14-25(16)21(26)15-28-23(27)18-11-4-3-10-17(18)22-24-19-12-5-6-13-20(19)29-22/h3-6,10-13,16H,2,7-9,14-15H2,1H3/t16-/m1/s1. The zero-order valence-corrected chi connectivity index (χ0v) is 17.3. The molecule has 0 radical (unpaired) electrons. The fourth-order valence-corrected chi connectivity index (χ4v) is 4.88. The molecule has 1 aliphatic rings. The van der Waals surface area contributed by atoms with Crippen molar-refractivity contribution in [2.45, 2.75) is 38.6 Å². The van der Waals surface area contributed by atoms with E-state index in [-0.39, 0.29) is 18.6 Å². The molecule has 2 aromatic carbocycles. The zero-order chi connectivity index (χ0) is 20.2. The van der Waals surface area contributed by atoms with Crippen LogP contribution in [0.1, 0.15) is 43.0 Å². The molecule has 6 heteroatoms. The predicted molar refractivity (Wildman–Crippen MR) is 115 cm³/mol. The number of para-hydroxylation sites is 1. The van der Waals surface area contributed by atoms with Gasteiger partial charge in [0, 0.05) is 18.2 Å². The number of likely N-dealkylation sites (tertiary alicyclic amines) is 1. The maximum absolute atomic E-state index is 12.8. The van der Waals surface area contributed by atoms with Crippen molar-refractivity contribution >= 4 is 33.4 Å². The van der Waals surface area contributed by atoms with Crippen molar-refractivity contribution in [3.8, 4) is 10.6 Å². The van der Waals surface area contributed by atoms with Gasteiger partial charge in [0.2, 0.25) is 0 Å². The highest BCUT2D eigenvalue weighted by Gasteiger charge is 2.26. The van der Waals surface area contributed by atoms with Crippen LogP contribution < -0.4 is 0 Å². The second kappa shape index (κ2) is 8.74. The molecule has 29 heavy (non-hydrogen) atoms. The lowest BCUT2D eigenvalue weighted by molar-refractivity contribution is -0.138. The summed E-state index contributed by atoms with van der Waals surface area (Å²) in [6, 6.07) is 15.4. The number of amides is 1. The first-order valence-electron chi connectivity index (χ1n) is 10.1. The molecule has 150 valence electrons. The molecule has 3 aromatic rings. The Bertz CT molecular complexity index is 997. The fraction of sp³-hybridized carbons (Fsp3) is 0.348. The van der Waals surface area contributed by atoms with E-state index in [4.69, 9.17) is 4.74 Å². The molecule has 1 amide bonds. The highest BCUT2D eigenvalue weighted by Crippen LogP contribution is 2.32. The van der Waals surface area contributed by atoms with Gasteiger partial charge in [0.1, 0.15) is 5.01 Å². The van der Waals surface area contributed by atoms with Gasteiger partial charge in [0.05, 0.1) is 15.8 Å². The van der Waals surface area contributed by atoms with Gasteiger partial charge in [-0.15, -0.1) is 11.3 Å². The van der Waals surface area contributed by atoms with E-state index < -0.39 is 5.97 Å². The van der Waals surface area contributed by atoms with Crippen LogP contribution in [0.2, 0.25) is 0 Å². The van der Waals surface area contributed by atoms with E-state index in [1.54, 1.807) is 12.1 Å². The fourth-order valence-electron chi connectivity index (χ4n) is 3.88. The maximum atomic E-state index is 12.8. The zero-order valence-electron chi connectivity index (χ0n) is 16.5. The van der Waals surface area contributed by atoms with E-state index in [0.717, 1.165) is 53.0 Å². The number of rotatable bonds is 5. The first-order valence-corrected chi connectivity index (χ1v) is 10.9. The van der Waals surface area contributed by atoms with Crippen molar-refractivity contribution in [3.63, 3.8) is 0 Å². The van der Waals surface area contributed by atoms with Gasteiger partial charge in [-0.1, -0.05) is 37.3 Å². The van der Waals surface area contributed by atoms with Gasteiger partial charge in [-0.3, -0.25) is 4.79 Å². The summed E-state index contributed by atoms with van der Waals surface area (Å²) in [5.41, 5.74) is 2.07. The summed E-state index contributed by atoms with van der Waals surface area (Å²) in [5.74, 6) is -0.597. The Hall–Kier alpha value is -2.73. The molecule has 0 aliphatic carbocycles. The maximum Gasteiger partial charge on any atom is 0.339 e. The third kappa shape index (κ3) is 4.17. The first-order chi connectivity index (χ1) is 14.2. The van der Waals surface area contributed by atoms with Crippen LogP contribution in [0.5, 0.6) is 0 Å². The Kier molecular flexibility index (Phi) is 5.90. The van der Waals surface area contributed by atoms with Gasteiger partial charge in [0.15, 0.2) is 6.61 Å². The minimum Gasteiger partial charge on any atom is -0.452 e. The third-order valence-electron chi connectivity index (χ3n) is 5.42. The number of esters is 1. The van der Waals surface area contributed by atoms with Gasteiger partial charge in [-0.05, 0) is 43.9 Å². The van der Waals surface area contributed by atoms with Crippen LogP contribution >= 0.6 is 11.3 Å². The van der Waals surface area contributed by atoms with E-state index in [2.05, 4.69) is 11.9 Å². The van der Waals surface area contributed by atoms with E-state index in [1.165, 1.54) is 11.3 Å². The lowest BCUT2D eigenvalue weighted by Crippen LogP contribution is -2.45. The summed E-state index contributed by atoms with van der Waals surface area (Å²) in [5, 5.41) is 0.771. The van der Waals surface area contributed by atoms with Crippen LogP contribution in [0.4, 0.5) is 0 Å². The molecule has 1 atom stereocenters. The number of benzene rings is 2. The van der Waals surface area contributed by atoms with Crippen molar-refractivity contribution in [1.82, 2.24) is 9.88 Å². The molecular formula is C23H24N2O3S. The van der Waals surface area contributed by atoms with Crippen molar-refractivity contribution in [1.29, 1.82) is 0 Å². The summed E-state index contributed by atoms with van der Waals surface area (Å²) in [6.07, 6.45) is 4.12. The molecular weight excluding hydrogens is 384 g/mol. The number of nitrogens with zero attached hydrogens (tertiary/aromatic N) is 2. The molecule has 2 heterocycles. The second-order valence-corrected chi connectivity index (χ2v) is 8.28. The molecule has 5 nitrogen and oxygen atoms in total. The number of hydrogen-bond donors (Lipinski definition) is 0. The Morgan fingerprint density at radius 1 is 1.14 bits per heavy atom. The predicted octanol–water partition coefficient (Wildman–Crippen LogP) is 4.91. The van der Waals surface area contributed by atoms with Crippen LogP contribution in [-0.4, -0.2) is 41.0 Å². The molecule has 0 unspecified atom stereocenters. The number of fused-ring (bicyclic) bond motifs is 1. The summed E-state index contributed by atoms with van der Waals surface area (Å²) in [4.78, 5) is 31.9. The largest absolute Gasteiger partial charge is 0.452 e. The lowest BCUT2D eigenvalue weighted by Gasteiger charge is -2.35. The first kappa shape index (κ1) is 19.6. The molecule has 1 aliphatic heterocycles. The van der Waals surface area contributed by atoms with Gasteiger partial charge in [-0.25, -0.2) is 9.78 Å². The average Bonchev–Trinajstić information content (AvgIpc) is 3.21. The number of piperidine rings is 1. The quantitative estimate of drug-likeness (QED) is 0.563. The number of carbonyl (C=O) groups excluding carboxylic acids is 2. The molecule has 4 rings (SSSR count). The smallest absolute Gasteiger partial charge is 0.339 e. The van der Waals surface area contributed by atoms with E-state index in [0.29, 0.717) is 5.56 Å². The summed E-state index contributed by atoms with van der Waals surface area (Å²) >= 11 is 1.54. The van der Waals surface area contributed by atoms with Crippen molar-refractivity contribution in [3.05, 3.63) is 54.1 Å². The number of aromatic nitrogens is 1. The van der Waals surface area contributed by atoms with Gasteiger partial charge in [-0.2, -0.15) is 0 Å². The molecule has 1 fully saturated rings. The number of carbonyl (C=O) groups is 2. The van der Waals surface area contributed by atoms with Crippen molar-refractivity contribution in [2.75, 3.05) is 13.2 Å². The van der Waals surface area contributed by atoms with Crippen LogP contribution in [0.25, 0.3) is 20.8 Å². The topological polar surface area (TPSA) is 59.5 Å². The summed E-state index contributed by atoms with van der Waals surface area (Å²) in [6.45, 7) is 2.62. The Labute approximate surface area is 174 Å². The molecule has 0 saturated carbocycles. The molecule has 0 N–H and O–H groups in total. The second-order valence-electron chi connectivity index (χ2n) is 7.25. The molecule has 1 saturated heterocycles.